The van der Waals surface area contributed by atoms with Gasteiger partial charge in [0.1, 0.15) is 5.82 Å². The van der Waals surface area contributed by atoms with Crippen molar-refractivity contribution < 1.29 is 18.7 Å². The summed E-state index contributed by atoms with van der Waals surface area (Å²) in [7, 11) is 0. The number of carbonyl (C=O) groups excluding carboxylic acids is 1. The topological polar surface area (TPSA) is 47.6 Å². The Morgan fingerprint density at radius 1 is 1.40 bits per heavy atom. The molecule has 110 valence electrons. The normalized spacial score (nSPS) is 18.1. The summed E-state index contributed by atoms with van der Waals surface area (Å²) in [6.07, 6.45) is 1.84. The molecule has 4 nitrogen and oxygen atoms in total. The van der Waals surface area contributed by atoms with Gasteiger partial charge in [-0.05, 0) is 37.1 Å². The van der Waals surface area contributed by atoms with Gasteiger partial charge in [-0.3, -0.25) is 4.79 Å². The number of hydrogen-bond donors (Lipinski definition) is 1. The summed E-state index contributed by atoms with van der Waals surface area (Å²) < 4.78 is 23.5. The number of ether oxygens (including phenoxy) is 2. The van der Waals surface area contributed by atoms with Crippen LogP contribution in [0.4, 0.5) is 4.39 Å². The maximum Gasteiger partial charge on any atom is 0.251 e. The lowest BCUT2D eigenvalue weighted by molar-refractivity contribution is 0.0853. The molecule has 1 fully saturated rings. The lowest BCUT2D eigenvalue weighted by atomic mass is 10.1. The van der Waals surface area contributed by atoms with Crippen molar-refractivity contribution in [1.29, 1.82) is 0 Å². The Balaban J connectivity index is 1.54. The molecule has 1 aromatic carbocycles. The molecule has 0 radical (unpaired) electrons. The quantitative estimate of drug-likeness (QED) is 0.778. The van der Waals surface area contributed by atoms with Gasteiger partial charge in [0.05, 0.1) is 13.2 Å². The van der Waals surface area contributed by atoms with Gasteiger partial charge in [-0.1, -0.05) is 0 Å². The van der Waals surface area contributed by atoms with Crippen LogP contribution >= 0.6 is 0 Å². The summed E-state index contributed by atoms with van der Waals surface area (Å²) in [4.78, 5) is 11.7. The van der Waals surface area contributed by atoms with E-state index in [2.05, 4.69) is 5.32 Å². The highest BCUT2D eigenvalue weighted by Gasteiger charge is 2.15. The summed E-state index contributed by atoms with van der Waals surface area (Å²) in [6.45, 7) is 3.53. The standard InChI is InChI=1S/C15H20FNO3/c16-14-4-2-13(3-5-14)15(18)17-7-1-8-19-10-12-6-9-20-11-12/h2-5,12H,1,6-11H2,(H,17,18)/t12-/m0/s1. The van der Waals surface area contributed by atoms with E-state index < -0.39 is 0 Å². The minimum Gasteiger partial charge on any atom is -0.381 e. The smallest absolute Gasteiger partial charge is 0.251 e. The molecule has 5 heteroatoms. The van der Waals surface area contributed by atoms with E-state index in [1.807, 2.05) is 0 Å². The van der Waals surface area contributed by atoms with Crippen LogP contribution in [-0.2, 0) is 9.47 Å². The molecular weight excluding hydrogens is 261 g/mol. The van der Waals surface area contributed by atoms with Crippen LogP contribution in [0.25, 0.3) is 0 Å². The van der Waals surface area contributed by atoms with Gasteiger partial charge in [0, 0.05) is 31.2 Å². The number of halogens is 1. The van der Waals surface area contributed by atoms with Gasteiger partial charge in [0.25, 0.3) is 5.91 Å². The van der Waals surface area contributed by atoms with E-state index in [9.17, 15) is 9.18 Å². The number of rotatable bonds is 7. The van der Waals surface area contributed by atoms with Crippen molar-refractivity contribution >= 4 is 5.91 Å². The van der Waals surface area contributed by atoms with Crippen molar-refractivity contribution in [3.8, 4) is 0 Å². The molecule has 1 atom stereocenters. The van der Waals surface area contributed by atoms with Crippen LogP contribution < -0.4 is 5.32 Å². The zero-order valence-corrected chi connectivity index (χ0v) is 11.4. The lowest BCUT2D eigenvalue weighted by Crippen LogP contribution is -2.25. The molecule has 0 aliphatic carbocycles. The molecule has 1 saturated heterocycles. The summed E-state index contributed by atoms with van der Waals surface area (Å²) in [5.74, 6) is -0.0103. The highest BCUT2D eigenvalue weighted by atomic mass is 19.1. The van der Waals surface area contributed by atoms with Gasteiger partial charge in [-0.25, -0.2) is 4.39 Å². The van der Waals surface area contributed by atoms with Gasteiger partial charge in [-0.15, -0.1) is 0 Å². The third-order valence-electron chi connectivity index (χ3n) is 3.23. The lowest BCUT2D eigenvalue weighted by Gasteiger charge is -2.09. The first kappa shape index (κ1) is 14.9. The molecule has 0 unspecified atom stereocenters. The van der Waals surface area contributed by atoms with E-state index in [4.69, 9.17) is 9.47 Å². The fraction of sp³-hybridized carbons (Fsp3) is 0.533. The molecule has 1 aromatic rings. The number of hydrogen-bond acceptors (Lipinski definition) is 3. The number of benzene rings is 1. The Bertz CT molecular complexity index is 416. The van der Waals surface area contributed by atoms with Crippen LogP contribution in [0.15, 0.2) is 24.3 Å². The molecule has 1 amide bonds. The van der Waals surface area contributed by atoms with Gasteiger partial charge in [0.2, 0.25) is 0 Å². The van der Waals surface area contributed by atoms with Crippen LogP contribution in [0, 0.1) is 11.7 Å². The predicted molar refractivity (Wildman–Crippen MR) is 73.1 cm³/mol. The highest BCUT2D eigenvalue weighted by Crippen LogP contribution is 2.12. The Kier molecular flexibility index (Phi) is 5.95. The third kappa shape index (κ3) is 4.90. The molecule has 2 rings (SSSR count). The van der Waals surface area contributed by atoms with Crippen molar-refractivity contribution in [2.75, 3.05) is 33.0 Å². The SMILES string of the molecule is O=C(NCCCOC[C@@H]1CCOC1)c1ccc(F)cc1. The Hall–Kier alpha value is -1.46. The summed E-state index contributed by atoms with van der Waals surface area (Å²) in [5.41, 5.74) is 0.468. The second kappa shape index (κ2) is 7.97. The largest absolute Gasteiger partial charge is 0.381 e. The van der Waals surface area contributed by atoms with Gasteiger partial charge >= 0.3 is 0 Å². The van der Waals surface area contributed by atoms with Crippen LogP contribution in [0.5, 0.6) is 0 Å². The second-order valence-corrected chi connectivity index (χ2v) is 4.92. The van der Waals surface area contributed by atoms with Gasteiger partial charge < -0.3 is 14.8 Å². The first-order valence-electron chi connectivity index (χ1n) is 6.95. The molecule has 1 heterocycles. The van der Waals surface area contributed by atoms with E-state index in [0.29, 0.717) is 24.6 Å². The Labute approximate surface area is 118 Å². The monoisotopic (exact) mass is 281 g/mol. The molecule has 0 bridgehead atoms. The molecule has 0 saturated carbocycles. The molecule has 1 aliphatic rings. The first-order valence-corrected chi connectivity index (χ1v) is 6.95. The van der Waals surface area contributed by atoms with Crippen molar-refractivity contribution in [3.63, 3.8) is 0 Å². The first-order chi connectivity index (χ1) is 9.75. The van der Waals surface area contributed by atoms with E-state index >= 15 is 0 Å². The highest BCUT2D eigenvalue weighted by molar-refractivity contribution is 5.94. The second-order valence-electron chi connectivity index (χ2n) is 4.92. The minimum atomic E-state index is -0.342. The maximum atomic E-state index is 12.7. The Morgan fingerprint density at radius 3 is 2.90 bits per heavy atom. The number of amides is 1. The Morgan fingerprint density at radius 2 is 2.20 bits per heavy atom. The van der Waals surface area contributed by atoms with Crippen LogP contribution in [0.1, 0.15) is 23.2 Å². The van der Waals surface area contributed by atoms with Crippen LogP contribution in [-0.4, -0.2) is 38.9 Å². The molecule has 1 N–H and O–H groups in total. The van der Waals surface area contributed by atoms with E-state index in [-0.39, 0.29) is 11.7 Å². The van der Waals surface area contributed by atoms with Crippen LogP contribution in [0.3, 0.4) is 0 Å². The van der Waals surface area contributed by atoms with Crippen molar-refractivity contribution in [2.45, 2.75) is 12.8 Å². The number of nitrogens with one attached hydrogen (secondary N) is 1. The zero-order valence-electron chi connectivity index (χ0n) is 11.4. The van der Waals surface area contributed by atoms with E-state index in [1.54, 1.807) is 0 Å². The summed E-state index contributed by atoms with van der Waals surface area (Å²) in [5, 5.41) is 2.78. The van der Waals surface area contributed by atoms with Crippen LogP contribution in [0.2, 0.25) is 0 Å². The van der Waals surface area contributed by atoms with Crippen molar-refractivity contribution in [2.24, 2.45) is 5.92 Å². The molecular formula is C15H20FNO3. The average Bonchev–Trinajstić information content (AvgIpc) is 2.96. The zero-order chi connectivity index (χ0) is 14.2. The molecule has 0 aromatic heterocycles. The van der Waals surface area contributed by atoms with Gasteiger partial charge in [-0.2, -0.15) is 0 Å². The van der Waals surface area contributed by atoms with Gasteiger partial charge in [0.15, 0.2) is 0 Å². The predicted octanol–water partition coefficient (Wildman–Crippen LogP) is 2.00. The minimum absolute atomic E-state index is 0.186. The maximum absolute atomic E-state index is 12.7. The molecule has 20 heavy (non-hydrogen) atoms. The summed E-state index contributed by atoms with van der Waals surface area (Å²) in [6, 6.07) is 5.51. The van der Waals surface area contributed by atoms with E-state index in [1.165, 1.54) is 24.3 Å². The van der Waals surface area contributed by atoms with Crippen molar-refractivity contribution in [1.82, 2.24) is 5.32 Å². The number of carbonyl (C=O) groups is 1. The average molecular weight is 281 g/mol. The fourth-order valence-corrected chi connectivity index (χ4v) is 2.04. The summed E-state index contributed by atoms with van der Waals surface area (Å²) >= 11 is 0. The van der Waals surface area contributed by atoms with E-state index in [0.717, 1.165) is 32.7 Å². The third-order valence-corrected chi connectivity index (χ3v) is 3.23. The molecule has 1 aliphatic heterocycles. The van der Waals surface area contributed by atoms with Crippen molar-refractivity contribution in [3.05, 3.63) is 35.6 Å². The fourth-order valence-electron chi connectivity index (χ4n) is 2.04. The molecule has 0 spiro atoms.